The van der Waals surface area contributed by atoms with E-state index in [-0.39, 0.29) is 11.6 Å². The standard InChI is InChI=1S/C19H14Cl2N6O/c20-14-7-6-13(8-15(14)21)16-9-17(25-24-16)18(28)23-19-22-11-27(26-19)10-12-4-2-1-3-5-12/h1-9,11H,10H2,(H,24,25)(H,23,26,28). The van der Waals surface area contributed by atoms with Gasteiger partial charge in [0.15, 0.2) is 0 Å². The number of rotatable bonds is 5. The lowest BCUT2D eigenvalue weighted by Crippen LogP contribution is -2.14. The van der Waals surface area contributed by atoms with Gasteiger partial charge >= 0.3 is 0 Å². The van der Waals surface area contributed by atoms with Gasteiger partial charge in [-0.25, -0.2) is 9.67 Å². The van der Waals surface area contributed by atoms with E-state index in [0.29, 0.717) is 22.3 Å². The molecule has 140 valence electrons. The molecule has 0 radical (unpaired) electrons. The fourth-order valence-electron chi connectivity index (χ4n) is 2.61. The lowest BCUT2D eigenvalue weighted by molar-refractivity contribution is 0.102. The largest absolute Gasteiger partial charge is 0.288 e. The molecule has 0 saturated carbocycles. The predicted molar refractivity (Wildman–Crippen MR) is 108 cm³/mol. The number of carbonyl (C=O) groups is 1. The van der Waals surface area contributed by atoms with Crippen molar-refractivity contribution < 1.29 is 4.79 Å². The minimum atomic E-state index is -0.392. The number of nitrogens with zero attached hydrogens (tertiary/aromatic N) is 4. The van der Waals surface area contributed by atoms with E-state index in [1.807, 2.05) is 30.3 Å². The van der Waals surface area contributed by atoms with E-state index in [2.05, 4.69) is 25.6 Å². The predicted octanol–water partition coefficient (Wildman–Crippen LogP) is 4.28. The van der Waals surface area contributed by atoms with Crippen LogP contribution >= 0.6 is 23.2 Å². The second-order valence-corrected chi connectivity index (χ2v) is 6.82. The molecule has 0 fully saturated rings. The van der Waals surface area contributed by atoms with Crippen LogP contribution in [-0.2, 0) is 6.54 Å². The highest BCUT2D eigenvalue weighted by Crippen LogP contribution is 2.27. The molecule has 0 bridgehead atoms. The maximum atomic E-state index is 12.4. The van der Waals surface area contributed by atoms with Gasteiger partial charge in [-0.3, -0.25) is 15.2 Å². The topological polar surface area (TPSA) is 88.5 Å². The number of aromatic nitrogens is 5. The van der Waals surface area contributed by atoms with Crippen LogP contribution in [0, 0.1) is 0 Å². The van der Waals surface area contributed by atoms with Crippen molar-refractivity contribution in [2.45, 2.75) is 6.54 Å². The molecule has 1 amide bonds. The summed E-state index contributed by atoms with van der Waals surface area (Å²) in [5, 5.41) is 14.6. The molecule has 0 unspecified atom stereocenters. The second-order valence-electron chi connectivity index (χ2n) is 6.00. The van der Waals surface area contributed by atoms with Crippen molar-refractivity contribution >= 4 is 35.1 Å². The minimum Gasteiger partial charge on any atom is -0.288 e. The summed E-state index contributed by atoms with van der Waals surface area (Å²) < 4.78 is 1.65. The molecule has 0 saturated heterocycles. The van der Waals surface area contributed by atoms with E-state index in [1.165, 1.54) is 0 Å². The van der Waals surface area contributed by atoms with Crippen LogP contribution in [0.3, 0.4) is 0 Å². The van der Waals surface area contributed by atoms with Crippen LogP contribution in [0.4, 0.5) is 5.95 Å². The Balaban J connectivity index is 1.44. The van der Waals surface area contributed by atoms with Crippen LogP contribution in [0.25, 0.3) is 11.3 Å². The summed E-state index contributed by atoms with van der Waals surface area (Å²) in [6.45, 7) is 0.565. The maximum absolute atomic E-state index is 12.4. The quantitative estimate of drug-likeness (QED) is 0.511. The lowest BCUT2D eigenvalue weighted by Gasteiger charge is -2.00. The fraction of sp³-hybridized carbons (Fsp3) is 0.0526. The van der Waals surface area contributed by atoms with Gasteiger partial charge in [0.25, 0.3) is 5.91 Å². The van der Waals surface area contributed by atoms with E-state index in [9.17, 15) is 4.79 Å². The number of hydrogen-bond donors (Lipinski definition) is 2. The molecule has 28 heavy (non-hydrogen) atoms. The smallest absolute Gasteiger partial charge is 0.276 e. The first-order valence-electron chi connectivity index (χ1n) is 8.34. The Kier molecular flexibility index (Phi) is 5.10. The van der Waals surface area contributed by atoms with E-state index in [1.54, 1.807) is 35.3 Å². The molecule has 0 aliphatic heterocycles. The Bertz CT molecular complexity index is 1120. The zero-order valence-corrected chi connectivity index (χ0v) is 15.9. The van der Waals surface area contributed by atoms with Crippen LogP contribution in [-0.4, -0.2) is 30.9 Å². The molecule has 2 heterocycles. The van der Waals surface area contributed by atoms with Crippen molar-refractivity contribution in [3.05, 3.63) is 82.2 Å². The number of hydrogen-bond acceptors (Lipinski definition) is 4. The maximum Gasteiger partial charge on any atom is 0.276 e. The van der Waals surface area contributed by atoms with Gasteiger partial charge < -0.3 is 0 Å². The summed E-state index contributed by atoms with van der Waals surface area (Å²) in [4.78, 5) is 16.5. The third-order valence-electron chi connectivity index (χ3n) is 3.99. The van der Waals surface area contributed by atoms with Crippen LogP contribution in [0.2, 0.25) is 10.0 Å². The fourth-order valence-corrected chi connectivity index (χ4v) is 2.91. The van der Waals surface area contributed by atoms with Gasteiger partial charge in [0.1, 0.15) is 12.0 Å². The molecule has 2 aromatic heterocycles. The van der Waals surface area contributed by atoms with Crippen molar-refractivity contribution in [3.8, 4) is 11.3 Å². The Hall–Kier alpha value is -3.16. The Morgan fingerprint density at radius 3 is 2.68 bits per heavy atom. The van der Waals surface area contributed by atoms with E-state index >= 15 is 0 Å². The van der Waals surface area contributed by atoms with Crippen LogP contribution in [0.1, 0.15) is 16.1 Å². The van der Waals surface area contributed by atoms with E-state index in [4.69, 9.17) is 23.2 Å². The van der Waals surface area contributed by atoms with Gasteiger partial charge in [-0.15, -0.1) is 5.10 Å². The average molecular weight is 413 g/mol. The Labute approximate surface area is 170 Å². The van der Waals surface area contributed by atoms with Crippen LogP contribution in [0.5, 0.6) is 0 Å². The SMILES string of the molecule is O=C(Nc1ncn(Cc2ccccc2)n1)c1cc(-c2ccc(Cl)c(Cl)c2)n[nH]1. The van der Waals surface area contributed by atoms with Crippen molar-refractivity contribution in [1.29, 1.82) is 0 Å². The molecule has 2 aromatic carbocycles. The van der Waals surface area contributed by atoms with Gasteiger partial charge in [0.2, 0.25) is 5.95 Å². The molecule has 0 spiro atoms. The summed E-state index contributed by atoms with van der Waals surface area (Å²) >= 11 is 12.0. The summed E-state index contributed by atoms with van der Waals surface area (Å²) in [6.07, 6.45) is 1.57. The van der Waals surface area contributed by atoms with Crippen LogP contribution < -0.4 is 5.32 Å². The zero-order chi connectivity index (χ0) is 19.5. The summed E-state index contributed by atoms with van der Waals surface area (Å²) in [7, 11) is 0. The van der Waals surface area contributed by atoms with Gasteiger partial charge in [-0.1, -0.05) is 59.6 Å². The van der Waals surface area contributed by atoms with Gasteiger partial charge in [0, 0.05) is 5.56 Å². The van der Waals surface area contributed by atoms with Crippen molar-refractivity contribution in [2.24, 2.45) is 0 Å². The third kappa shape index (κ3) is 4.05. The molecule has 0 atom stereocenters. The molecule has 0 aliphatic rings. The molecule has 9 heteroatoms. The first-order valence-corrected chi connectivity index (χ1v) is 9.09. The number of amides is 1. The van der Waals surface area contributed by atoms with E-state index in [0.717, 1.165) is 11.1 Å². The average Bonchev–Trinajstić information content (AvgIpc) is 3.35. The van der Waals surface area contributed by atoms with Gasteiger partial charge in [-0.05, 0) is 23.8 Å². The molecule has 4 rings (SSSR count). The molecular formula is C19H14Cl2N6O. The number of anilines is 1. The first kappa shape index (κ1) is 18.2. The summed E-state index contributed by atoms with van der Waals surface area (Å²) in [5.74, 6) is -0.178. The molecule has 2 N–H and O–H groups in total. The highest BCUT2D eigenvalue weighted by atomic mass is 35.5. The van der Waals surface area contributed by atoms with E-state index < -0.39 is 5.91 Å². The minimum absolute atomic E-state index is 0.214. The molecular weight excluding hydrogens is 399 g/mol. The highest BCUT2D eigenvalue weighted by Gasteiger charge is 2.14. The normalized spacial score (nSPS) is 10.8. The molecule has 0 aliphatic carbocycles. The van der Waals surface area contributed by atoms with Gasteiger partial charge in [0.05, 0.1) is 22.3 Å². The monoisotopic (exact) mass is 412 g/mol. The van der Waals surface area contributed by atoms with Crippen molar-refractivity contribution in [3.63, 3.8) is 0 Å². The lowest BCUT2D eigenvalue weighted by atomic mass is 10.1. The number of nitrogens with one attached hydrogen (secondary N) is 2. The summed E-state index contributed by atoms with van der Waals surface area (Å²) in [5.41, 5.74) is 2.69. The number of carbonyl (C=O) groups excluding carboxylic acids is 1. The first-order chi connectivity index (χ1) is 13.6. The van der Waals surface area contributed by atoms with Crippen LogP contribution in [0.15, 0.2) is 60.9 Å². The Morgan fingerprint density at radius 1 is 1.07 bits per heavy atom. The number of benzene rings is 2. The van der Waals surface area contributed by atoms with Crippen molar-refractivity contribution in [1.82, 2.24) is 25.0 Å². The second kappa shape index (κ2) is 7.84. The zero-order valence-electron chi connectivity index (χ0n) is 14.4. The highest BCUT2D eigenvalue weighted by molar-refractivity contribution is 6.42. The molecule has 7 nitrogen and oxygen atoms in total. The molecule has 4 aromatic rings. The number of H-pyrrole nitrogens is 1. The Morgan fingerprint density at radius 2 is 1.89 bits per heavy atom. The number of aromatic amines is 1. The third-order valence-corrected chi connectivity index (χ3v) is 4.73. The van der Waals surface area contributed by atoms with Gasteiger partial charge in [-0.2, -0.15) is 5.10 Å². The number of halogens is 2. The summed E-state index contributed by atoms with van der Waals surface area (Å²) in [6, 6.07) is 16.6. The van der Waals surface area contributed by atoms with Crippen molar-refractivity contribution in [2.75, 3.05) is 5.32 Å².